The van der Waals surface area contributed by atoms with Crippen molar-refractivity contribution in [3.05, 3.63) is 40.5 Å². The van der Waals surface area contributed by atoms with Gasteiger partial charge >= 0.3 is 37.8 Å². The van der Waals surface area contributed by atoms with Crippen LogP contribution in [0.3, 0.4) is 0 Å². The van der Waals surface area contributed by atoms with Crippen molar-refractivity contribution in [1.82, 2.24) is 76.8 Å². The van der Waals surface area contributed by atoms with Gasteiger partial charge < -0.3 is 40.5 Å². The maximum atomic E-state index is 11.1. The van der Waals surface area contributed by atoms with Gasteiger partial charge in [-0.1, -0.05) is 0 Å². The van der Waals surface area contributed by atoms with Gasteiger partial charge in [0.2, 0.25) is 0 Å². The van der Waals surface area contributed by atoms with E-state index in [1.165, 1.54) is 0 Å². The Morgan fingerprint density at radius 1 is 0.485 bits per heavy atom. The molecule has 33 heavy (non-hydrogen) atoms. The van der Waals surface area contributed by atoms with Crippen molar-refractivity contribution >= 4 is 37.8 Å². The average molecular weight is 483 g/mol. The number of hydrogen-bond acceptors (Lipinski definition) is 20. The first kappa shape index (κ1) is 20.7. The Kier molecular flexibility index (Phi) is 4.56. The van der Waals surface area contributed by atoms with Crippen LogP contribution in [0.15, 0.2) is 0 Å². The quantitative estimate of drug-likeness (QED) is 0.129. The van der Waals surface area contributed by atoms with Gasteiger partial charge in [0, 0.05) is 0 Å². The highest BCUT2D eigenvalue weighted by Crippen LogP contribution is 2.15. The van der Waals surface area contributed by atoms with Gasteiger partial charge in [-0.15, -0.1) is 0 Å². The zero-order valence-corrected chi connectivity index (χ0v) is 15.9. The molecule has 0 radical (unpaired) electrons. The van der Waals surface area contributed by atoms with Crippen LogP contribution in [0.25, 0.3) is 0 Å². The van der Waals surface area contributed by atoms with Crippen molar-refractivity contribution in [2.75, 3.05) is 0 Å². The number of hydrogen-bond donors (Lipinski definition) is 0. The molecule has 0 fully saturated rings. The van der Waals surface area contributed by atoms with Gasteiger partial charge in [-0.05, 0) is 60.9 Å². The highest BCUT2D eigenvalue weighted by atomic mass is 27.3. The Bertz CT molecular complexity index is 1190. The van der Waals surface area contributed by atoms with Crippen molar-refractivity contribution in [1.29, 1.82) is 0 Å². The zero-order valence-electron chi connectivity index (χ0n) is 14.8. The molecule has 0 saturated carbocycles. The van der Waals surface area contributed by atoms with E-state index in [4.69, 9.17) is 0 Å². The maximum absolute atomic E-state index is 11.1. The maximum Gasteiger partial charge on any atom is 0.898 e. The van der Waals surface area contributed by atoms with Crippen LogP contribution < -0.4 is 0 Å². The first-order valence-electron chi connectivity index (χ1n) is 7.58. The largest absolute Gasteiger partial charge is 0.898 e. The molecule has 4 heterocycles. The Hall–Kier alpha value is -5.59. The molecule has 28 nitrogen and oxygen atoms in total. The van der Waals surface area contributed by atoms with Crippen molar-refractivity contribution in [3.8, 4) is 0 Å². The summed E-state index contributed by atoms with van der Waals surface area (Å²) in [6.07, 6.45) is 0. The van der Waals surface area contributed by atoms with Crippen LogP contribution in [0.5, 0.6) is 0 Å². The molecule has 0 atom stereocenters. The second-order valence-electron chi connectivity index (χ2n) is 5.36. The molecular weight excluding hydrogens is 483 g/mol. The van der Waals surface area contributed by atoms with Crippen LogP contribution in [0.4, 0.5) is 23.8 Å². The Morgan fingerprint density at radius 3 is 0.848 bits per heavy atom. The van der Waals surface area contributed by atoms with Crippen LogP contribution in [-0.2, 0) is 0 Å². The normalized spacial score (nSPS) is 11.4. The second kappa shape index (κ2) is 7.28. The van der Waals surface area contributed by atoms with Crippen LogP contribution in [0, 0.1) is 40.5 Å². The number of nitro groups is 4. The first-order chi connectivity index (χ1) is 15.6. The summed E-state index contributed by atoms with van der Waals surface area (Å²) in [4.78, 5) is 39.8. The molecule has 0 saturated heterocycles. The number of aromatic nitrogens is 16. The standard InChI is InChI=1S/4CN5O2.Al/c4*7-6(8)1-2-4-5-3-1;/q4*-1;+3. The Balaban J connectivity index is 2.11. The summed E-state index contributed by atoms with van der Waals surface area (Å²) < 4.78 is 1.25. The van der Waals surface area contributed by atoms with Gasteiger partial charge in [-0.2, -0.15) is 0 Å². The molecular formula is C4AlN20O8-. The predicted octanol–water partition coefficient (Wildman–Crippen LogP) is -4.81. The number of rotatable bonds is 8. The third-order valence-corrected chi connectivity index (χ3v) is 6.92. The van der Waals surface area contributed by atoms with E-state index >= 15 is 0 Å². The minimum absolute atomic E-state index is 0.313. The summed E-state index contributed by atoms with van der Waals surface area (Å²) in [5.74, 6) is -4.56. The molecule has 0 bridgehead atoms. The van der Waals surface area contributed by atoms with Crippen molar-refractivity contribution in [3.63, 3.8) is 0 Å². The van der Waals surface area contributed by atoms with Crippen molar-refractivity contribution in [2.24, 2.45) is 0 Å². The first-order valence-corrected chi connectivity index (χ1v) is 9.64. The van der Waals surface area contributed by atoms with E-state index in [2.05, 4.69) is 61.6 Å². The lowest BCUT2D eigenvalue weighted by Crippen LogP contribution is -2.68. The Labute approximate surface area is 175 Å². The summed E-state index contributed by atoms with van der Waals surface area (Å²) in [5.41, 5.74) is 0. The minimum atomic E-state index is -5.51. The monoisotopic (exact) mass is 483 g/mol. The SMILES string of the molecule is O=[N+]([O-])c1nn[n]([Al-]([n]2nnc([N+](=O)[O-])n2)([n]2nnc([N+](=O)[O-])n2)[n]2nnc([N+](=O)[O-])n2)n1. The van der Waals surface area contributed by atoms with Crippen LogP contribution >= 0.6 is 0 Å². The molecule has 0 aliphatic heterocycles. The fraction of sp³-hybridized carbons (Fsp3) is 0. The lowest BCUT2D eigenvalue weighted by Gasteiger charge is -2.20. The summed E-state index contributed by atoms with van der Waals surface area (Å²) >= 11 is -5.51. The predicted molar refractivity (Wildman–Crippen MR) is 85.2 cm³/mol. The number of nitrogens with zero attached hydrogens (tertiary/aromatic N) is 20. The molecule has 0 aliphatic rings. The number of tetrazole rings is 4. The smallest absolute Gasteiger partial charge is 0.390 e. The molecule has 0 spiro atoms. The van der Waals surface area contributed by atoms with Gasteiger partial charge in [0.1, 0.15) is 0 Å². The van der Waals surface area contributed by atoms with Crippen LogP contribution in [0.2, 0.25) is 0 Å². The molecule has 0 N–H and O–H groups in total. The molecule has 0 aliphatic carbocycles. The highest BCUT2D eigenvalue weighted by molar-refractivity contribution is 6.71. The lowest BCUT2D eigenvalue weighted by atomic mass is 11.1. The van der Waals surface area contributed by atoms with Crippen molar-refractivity contribution < 1.29 is 19.7 Å². The zero-order chi connectivity index (χ0) is 23.9. The molecule has 4 aromatic heterocycles. The third kappa shape index (κ3) is 3.17. The summed E-state index contributed by atoms with van der Waals surface area (Å²) in [5, 5.41) is 84.2. The van der Waals surface area contributed by atoms with E-state index in [1.807, 2.05) is 0 Å². The van der Waals surface area contributed by atoms with Crippen LogP contribution in [0.1, 0.15) is 0 Å². The highest BCUT2D eigenvalue weighted by Gasteiger charge is 2.67. The molecule has 29 heteroatoms. The van der Waals surface area contributed by atoms with E-state index in [1.54, 1.807) is 0 Å². The fourth-order valence-electron chi connectivity index (χ4n) is 2.30. The molecule has 0 amide bonds. The van der Waals surface area contributed by atoms with Gasteiger partial charge in [0.25, 0.3) is 0 Å². The van der Waals surface area contributed by atoms with E-state index in [-0.39, 0.29) is 0 Å². The second-order valence-corrected chi connectivity index (χ2v) is 8.59. The average Bonchev–Trinajstić information content (AvgIpc) is 3.55. The van der Waals surface area contributed by atoms with Crippen LogP contribution in [-0.4, -0.2) is 110 Å². The lowest BCUT2D eigenvalue weighted by molar-refractivity contribution is -0.394. The molecule has 4 aromatic rings. The molecule has 0 unspecified atom stereocenters. The Morgan fingerprint density at radius 2 is 0.697 bits per heavy atom. The van der Waals surface area contributed by atoms with E-state index in [0.29, 0.717) is 15.1 Å². The summed E-state index contributed by atoms with van der Waals surface area (Å²) in [7, 11) is 0. The van der Waals surface area contributed by atoms with E-state index in [9.17, 15) is 40.5 Å². The summed E-state index contributed by atoms with van der Waals surface area (Å²) in [6.45, 7) is 0. The van der Waals surface area contributed by atoms with Gasteiger partial charge in [-0.25, -0.2) is 15.1 Å². The van der Waals surface area contributed by atoms with Gasteiger partial charge in [0.15, 0.2) is 0 Å². The molecule has 4 rings (SSSR count). The third-order valence-electron chi connectivity index (χ3n) is 3.56. The van der Waals surface area contributed by atoms with Gasteiger partial charge in [-0.3, -0.25) is 0 Å². The van der Waals surface area contributed by atoms with E-state index in [0.717, 1.165) is 0 Å². The molecule has 0 aromatic carbocycles. The van der Waals surface area contributed by atoms with Gasteiger partial charge in [0.05, 0.1) is 20.4 Å². The molecule has 168 valence electrons. The van der Waals surface area contributed by atoms with Crippen molar-refractivity contribution in [2.45, 2.75) is 0 Å². The summed E-state index contributed by atoms with van der Waals surface area (Å²) in [6, 6.07) is 0. The topological polar surface area (TPSA) is 347 Å². The van der Waals surface area contributed by atoms with E-state index < -0.39 is 57.4 Å². The fourth-order valence-corrected chi connectivity index (χ4v) is 5.21. The minimum Gasteiger partial charge on any atom is -0.390 e.